The summed E-state index contributed by atoms with van der Waals surface area (Å²) in [6.45, 7) is 16.9. The second kappa shape index (κ2) is 13.8. The number of likely N-dealkylation sites (tertiary alicyclic amines) is 1. The number of carbonyl (C=O) groups excluding carboxylic acids is 5. The summed E-state index contributed by atoms with van der Waals surface area (Å²) < 4.78 is 39.4. The molecule has 15 heteroatoms. The van der Waals surface area contributed by atoms with Crippen LogP contribution in [0, 0.1) is 0 Å². The van der Waals surface area contributed by atoms with Crippen LogP contribution >= 0.6 is 0 Å². The number of esters is 3. The first-order valence-corrected chi connectivity index (χ1v) is 17.8. The first-order chi connectivity index (χ1) is 24.3. The fourth-order valence-electron chi connectivity index (χ4n) is 7.54. The van der Waals surface area contributed by atoms with Crippen molar-refractivity contribution in [2.75, 3.05) is 13.6 Å². The van der Waals surface area contributed by atoms with Crippen molar-refractivity contribution in [1.29, 1.82) is 0 Å². The van der Waals surface area contributed by atoms with Crippen LogP contribution in [0.3, 0.4) is 0 Å². The van der Waals surface area contributed by atoms with Crippen molar-refractivity contribution in [1.82, 2.24) is 10.2 Å². The first kappa shape index (κ1) is 39.8. The molecule has 1 saturated heterocycles. The van der Waals surface area contributed by atoms with Gasteiger partial charge >= 0.3 is 30.2 Å². The Morgan fingerprint density at radius 1 is 0.943 bits per heavy atom. The summed E-state index contributed by atoms with van der Waals surface area (Å²) in [5.41, 5.74) is -3.39. The van der Waals surface area contributed by atoms with Crippen molar-refractivity contribution in [3.8, 4) is 11.5 Å². The van der Waals surface area contributed by atoms with Crippen LogP contribution in [0.25, 0.3) is 0 Å². The highest BCUT2D eigenvalue weighted by Crippen LogP contribution is 2.65. The number of alkyl carbamates (subject to hydrolysis) is 1. The molecule has 1 amide bonds. The molecular formula is C38H52N2O13. The summed E-state index contributed by atoms with van der Waals surface area (Å²) >= 11 is 0. The number of piperidine rings is 1. The Bertz CT molecular complexity index is 1700. The Kier molecular flexibility index (Phi) is 10.4. The molecule has 2 aliphatic carbocycles. The van der Waals surface area contributed by atoms with E-state index >= 15 is 0 Å². The van der Waals surface area contributed by atoms with Gasteiger partial charge in [-0.1, -0.05) is 6.07 Å². The molecule has 0 aromatic heterocycles. The maximum Gasteiger partial charge on any atom is 0.514 e. The van der Waals surface area contributed by atoms with Crippen molar-refractivity contribution in [3.63, 3.8) is 0 Å². The van der Waals surface area contributed by atoms with Crippen LogP contribution < -0.4 is 14.8 Å². The molecule has 5 rings (SSSR count). The van der Waals surface area contributed by atoms with E-state index in [1.807, 2.05) is 13.1 Å². The van der Waals surface area contributed by atoms with Crippen molar-refractivity contribution in [2.24, 2.45) is 0 Å². The predicted molar refractivity (Wildman–Crippen MR) is 187 cm³/mol. The Balaban J connectivity index is 1.35. The predicted octanol–water partition coefficient (Wildman–Crippen LogP) is 4.38. The van der Waals surface area contributed by atoms with E-state index in [4.69, 9.17) is 33.2 Å². The highest BCUT2D eigenvalue weighted by atomic mass is 16.7. The molecule has 1 spiro atoms. The summed E-state index contributed by atoms with van der Waals surface area (Å²) in [5, 5.41) is 14.9. The molecule has 2 bridgehead atoms. The molecule has 1 fully saturated rings. The van der Waals surface area contributed by atoms with Crippen molar-refractivity contribution >= 4 is 30.2 Å². The van der Waals surface area contributed by atoms with Gasteiger partial charge in [0.05, 0.1) is 17.4 Å². The molecule has 0 unspecified atom stereocenters. The topological polar surface area (TPSA) is 185 Å². The second-order valence-electron chi connectivity index (χ2n) is 17.1. The molecule has 4 aliphatic rings. The maximum atomic E-state index is 13.5. The van der Waals surface area contributed by atoms with Crippen LogP contribution in [0.5, 0.6) is 11.5 Å². The largest absolute Gasteiger partial charge is 0.514 e. The minimum atomic E-state index is -1.47. The van der Waals surface area contributed by atoms with Crippen LogP contribution in [0.1, 0.15) is 99.6 Å². The third kappa shape index (κ3) is 8.10. The molecule has 0 saturated carbocycles. The quantitative estimate of drug-likeness (QED) is 0.217. The number of amides is 1. The van der Waals surface area contributed by atoms with Crippen LogP contribution in [-0.2, 0) is 49.9 Å². The van der Waals surface area contributed by atoms with Gasteiger partial charge in [-0.3, -0.25) is 4.79 Å². The lowest BCUT2D eigenvalue weighted by molar-refractivity contribution is -0.176. The van der Waals surface area contributed by atoms with Gasteiger partial charge in [-0.25, -0.2) is 19.2 Å². The molecule has 53 heavy (non-hydrogen) atoms. The van der Waals surface area contributed by atoms with Gasteiger partial charge in [0.25, 0.3) is 0 Å². The van der Waals surface area contributed by atoms with Crippen LogP contribution in [0.15, 0.2) is 24.0 Å². The molecular weight excluding hydrogens is 692 g/mol. The molecule has 6 atom stereocenters. The summed E-state index contributed by atoms with van der Waals surface area (Å²) in [7, 11) is 1.96. The fourth-order valence-corrected chi connectivity index (χ4v) is 7.54. The normalized spacial score (nSPS) is 25.7. The summed E-state index contributed by atoms with van der Waals surface area (Å²) in [6, 6.07) is 1.73. The van der Waals surface area contributed by atoms with Gasteiger partial charge < -0.3 is 48.5 Å². The number of hydrogen-bond acceptors (Lipinski definition) is 14. The van der Waals surface area contributed by atoms with E-state index in [0.29, 0.717) is 24.9 Å². The number of benzene rings is 1. The second-order valence-corrected chi connectivity index (χ2v) is 17.1. The molecule has 2 aliphatic heterocycles. The van der Waals surface area contributed by atoms with Gasteiger partial charge in [0.1, 0.15) is 28.6 Å². The molecule has 0 radical (unpaired) electrons. The summed E-state index contributed by atoms with van der Waals surface area (Å²) in [6.07, 6.45) is -2.29. The zero-order chi connectivity index (χ0) is 39.5. The van der Waals surface area contributed by atoms with Crippen LogP contribution in [-0.4, -0.2) is 100 Å². The number of hydrogen-bond donors (Lipinski definition) is 2. The Labute approximate surface area is 309 Å². The van der Waals surface area contributed by atoms with E-state index in [1.165, 1.54) is 6.92 Å². The van der Waals surface area contributed by atoms with Crippen molar-refractivity contribution in [2.45, 2.75) is 147 Å². The number of carbonyl (C=O) groups is 5. The van der Waals surface area contributed by atoms with E-state index in [-0.39, 0.29) is 29.7 Å². The highest BCUT2D eigenvalue weighted by Gasteiger charge is 2.72. The Hall–Kier alpha value is -4.37. The van der Waals surface area contributed by atoms with Gasteiger partial charge in [-0.2, -0.15) is 0 Å². The number of nitrogens with one attached hydrogen (secondary N) is 1. The highest BCUT2D eigenvalue weighted by molar-refractivity contribution is 5.87. The number of ether oxygens (including phenoxy) is 7. The Morgan fingerprint density at radius 3 is 2.21 bits per heavy atom. The van der Waals surface area contributed by atoms with Crippen LogP contribution in [0.4, 0.5) is 9.59 Å². The first-order valence-electron chi connectivity index (χ1n) is 17.8. The van der Waals surface area contributed by atoms with Gasteiger partial charge in [-0.05, 0) is 113 Å². The maximum absolute atomic E-state index is 13.5. The fraction of sp³-hybridized carbons (Fsp3) is 0.658. The zero-order valence-corrected chi connectivity index (χ0v) is 32.4. The van der Waals surface area contributed by atoms with E-state index in [2.05, 4.69) is 10.2 Å². The minimum absolute atomic E-state index is 0.106. The SMILES string of the molecule is C[C@H](OC(=O)C[C@H](NC(=O)OC(C)(C)C)C(=O)OC(C)(C)C)C(=O)OC1=CC[C@@]2(O)[C@H]3Cc4ccc(OC(=O)OC(C)(C)C)c5c4[C@@]2(CCN3C)[C@H]1O5. The van der Waals surface area contributed by atoms with Gasteiger partial charge in [-0.15, -0.1) is 0 Å². The van der Waals surface area contributed by atoms with Gasteiger partial charge in [0.15, 0.2) is 23.7 Å². The molecule has 292 valence electrons. The molecule has 1 aromatic rings. The lowest BCUT2D eigenvalue weighted by Gasteiger charge is -2.61. The zero-order valence-electron chi connectivity index (χ0n) is 32.4. The minimum Gasteiger partial charge on any atom is -0.477 e. The summed E-state index contributed by atoms with van der Waals surface area (Å²) in [4.78, 5) is 66.9. The smallest absolute Gasteiger partial charge is 0.477 e. The van der Waals surface area contributed by atoms with E-state index in [9.17, 15) is 29.1 Å². The number of likely N-dealkylation sites (N-methyl/N-ethyl adjacent to an activating group) is 1. The molecule has 2 heterocycles. The third-order valence-corrected chi connectivity index (χ3v) is 9.53. The van der Waals surface area contributed by atoms with E-state index < -0.39 is 82.6 Å². The molecule has 2 N–H and O–H groups in total. The van der Waals surface area contributed by atoms with E-state index in [1.54, 1.807) is 74.5 Å². The van der Waals surface area contributed by atoms with Crippen molar-refractivity contribution in [3.05, 3.63) is 35.1 Å². The third-order valence-electron chi connectivity index (χ3n) is 9.53. The average Bonchev–Trinajstić information content (AvgIpc) is 3.34. The number of rotatable bonds is 8. The lowest BCUT2D eigenvalue weighted by atomic mass is 9.50. The monoisotopic (exact) mass is 744 g/mol. The standard InChI is InChI=1S/C38H52N2O13/c1-20(47-26(41)19-22(31(43)51-34(2,3)4)39-32(44)52-35(5,6)7)30(42)48-24-14-15-38(46)25-18-21-12-13-23(49-33(45)53-36(8,9)10)28-27(21)37(38,29(24)50-28)16-17-40(25)11/h12-14,20,22,25,29,46H,15-19H2,1-11H3,(H,39,44)/t20-,22-,25+,29-,37-,38+/m0/s1. The molecule has 15 nitrogen and oxygen atoms in total. The number of aliphatic hydroxyl groups is 1. The molecule has 1 aromatic carbocycles. The lowest BCUT2D eigenvalue weighted by Crippen LogP contribution is -2.74. The van der Waals surface area contributed by atoms with Crippen molar-refractivity contribution < 1.29 is 62.2 Å². The summed E-state index contributed by atoms with van der Waals surface area (Å²) in [5.74, 6) is -2.36. The Morgan fingerprint density at radius 2 is 1.58 bits per heavy atom. The van der Waals surface area contributed by atoms with E-state index in [0.717, 1.165) is 5.56 Å². The van der Waals surface area contributed by atoms with Crippen LogP contribution in [0.2, 0.25) is 0 Å². The van der Waals surface area contributed by atoms with Gasteiger partial charge in [0, 0.05) is 18.0 Å². The van der Waals surface area contributed by atoms with Gasteiger partial charge in [0.2, 0.25) is 0 Å². The average molecular weight is 745 g/mol. The number of nitrogens with zero attached hydrogens (tertiary/aromatic N) is 1.